The Kier molecular flexibility index (Phi) is 7.82. The fraction of sp³-hybridized carbons (Fsp3) is 0.684. The number of hydrogen-bond acceptors (Lipinski definition) is 5. The summed E-state index contributed by atoms with van der Waals surface area (Å²) in [5.74, 6) is 1.37. The molecule has 0 radical (unpaired) electrons. The van der Waals surface area contributed by atoms with Gasteiger partial charge in [-0.1, -0.05) is 12.5 Å². The third-order valence-electron chi connectivity index (χ3n) is 4.46. The SMILES string of the molecule is COCCOc1cc(C)ccc1OCC(O)CN1CCCCC1C. The zero-order valence-corrected chi connectivity index (χ0v) is 15.2. The molecule has 2 rings (SSSR count). The van der Waals surface area contributed by atoms with Crippen molar-refractivity contribution in [3.05, 3.63) is 23.8 Å². The van der Waals surface area contributed by atoms with E-state index in [1.807, 2.05) is 25.1 Å². The summed E-state index contributed by atoms with van der Waals surface area (Å²) in [4.78, 5) is 2.35. The minimum Gasteiger partial charge on any atom is -0.487 e. The number of ether oxygens (including phenoxy) is 3. The number of aryl methyl sites for hydroxylation is 1. The first kappa shape index (κ1) is 19.0. The number of benzene rings is 1. The zero-order chi connectivity index (χ0) is 17.4. The van der Waals surface area contributed by atoms with Gasteiger partial charge in [0.1, 0.15) is 19.3 Å². The van der Waals surface area contributed by atoms with Crippen molar-refractivity contribution in [1.82, 2.24) is 4.90 Å². The second kappa shape index (κ2) is 9.87. The van der Waals surface area contributed by atoms with Gasteiger partial charge in [0.15, 0.2) is 11.5 Å². The summed E-state index contributed by atoms with van der Waals surface area (Å²) in [5.41, 5.74) is 1.11. The van der Waals surface area contributed by atoms with Crippen LogP contribution in [-0.4, -0.2) is 62.2 Å². The molecule has 5 heteroatoms. The molecule has 1 fully saturated rings. The lowest BCUT2D eigenvalue weighted by Crippen LogP contribution is -2.43. The van der Waals surface area contributed by atoms with Gasteiger partial charge < -0.3 is 19.3 Å². The van der Waals surface area contributed by atoms with Gasteiger partial charge in [0, 0.05) is 19.7 Å². The van der Waals surface area contributed by atoms with Crippen LogP contribution in [0.25, 0.3) is 0 Å². The molecule has 1 aliphatic rings. The normalized spacial score (nSPS) is 19.9. The zero-order valence-electron chi connectivity index (χ0n) is 15.2. The fourth-order valence-corrected chi connectivity index (χ4v) is 3.02. The van der Waals surface area contributed by atoms with E-state index < -0.39 is 6.10 Å². The van der Waals surface area contributed by atoms with Gasteiger partial charge in [0.25, 0.3) is 0 Å². The molecule has 0 aromatic heterocycles. The Morgan fingerprint density at radius 2 is 2.04 bits per heavy atom. The highest BCUT2D eigenvalue weighted by molar-refractivity contribution is 5.42. The maximum Gasteiger partial charge on any atom is 0.161 e. The van der Waals surface area contributed by atoms with Gasteiger partial charge in [0.05, 0.1) is 6.61 Å². The summed E-state index contributed by atoms with van der Waals surface area (Å²) in [5, 5.41) is 10.3. The summed E-state index contributed by atoms with van der Waals surface area (Å²) in [6.45, 7) is 7.25. The molecule has 1 saturated heterocycles. The maximum atomic E-state index is 10.3. The molecule has 0 bridgehead atoms. The van der Waals surface area contributed by atoms with Crippen molar-refractivity contribution >= 4 is 0 Å². The molecule has 1 N–H and O–H groups in total. The number of β-amino-alcohol motifs (C(OH)–C–C–N with tert-alkyl or cyclic N) is 1. The van der Waals surface area contributed by atoms with Crippen LogP contribution in [0.3, 0.4) is 0 Å². The van der Waals surface area contributed by atoms with Crippen molar-refractivity contribution in [1.29, 1.82) is 0 Å². The number of hydrogen-bond donors (Lipinski definition) is 1. The smallest absolute Gasteiger partial charge is 0.161 e. The monoisotopic (exact) mass is 337 g/mol. The Bertz CT molecular complexity index is 494. The molecule has 0 amide bonds. The van der Waals surface area contributed by atoms with E-state index in [1.54, 1.807) is 7.11 Å². The first-order chi connectivity index (χ1) is 11.6. The van der Waals surface area contributed by atoms with E-state index in [0.717, 1.165) is 12.1 Å². The molecule has 1 aromatic carbocycles. The average Bonchev–Trinajstić information content (AvgIpc) is 2.56. The lowest BCUT2D eigenvalue weighted by atomic mass is 10.0. The van der Waals surface area contributed by atoms with E-state index >= 15 is 0 Å². The summed E-state index contributed by atoms with van der Waals surface area (Å²) < 4.78 is 16.5. The van der Waals surface area contributed by atoms with Crippen LogP contribution < -0.4 is 9.47 Å². The van der Waals surface area contributed by atoms with Crippen LogP contribution >= 0.6 is 0 Å². The molecular weight excluding hydrogens is 306 g/mol. The van der Waals surface area contributed by atoms with Crippen molar-refractivity contribution in [2.45, 2.75) is 45.3 Å². The van der Waals surface area contributed by atoms with E-state index in [2.05, 4.69) is 11.8 Å². The largest absolute Gasteiger partial charge is 0.487 e. The predicted molar refractivity (Wildman–Crippen MR) is 94.9 cm³/mol. The molecule has 2 unspecified atom stereocenters. The molecule has 136 valence electrons. The Morgan fingerprint density at radius 3 is 2.79 bits per heavy atom. The van der Waals surface area contributed by atoms with Crippen LogP contribution in [0.15, 0.2) is 18.2 Å². The number of piperidine rings is 1. The summed E-state index contributed by atoms with van der Waals surface area (Å²) >= 11 is 0. The average molecular weight is 337 g/mol. The molecule has 1 aromatic rings. The van der Waals surface area contributed by atoms with E-state index in [9.17, 15) is 5.11 Å². The third kappa shape index (κ3) is 5.96. The third-order valence-corrected chi connectivity index (χ3v) is 4.46. The highest BCUT2D eigenvalue weighted by Crippen LogP contribution is 2.28. The molecule has 0 saturated carbocycles. The van der Waals surface area contributed by atoms with Crippen molar-refractivity contribution in [2.24, 2.45) is 0 Å². The Balaban J connectivity index is 1.85. The lowest BCUT2D eigenvalue weighted by Gasteiger charge is -2.34. The lowest BCUT2D eigenvalue weighted by molar-refractivity contribution is 0.0427. The standard InChI is InChI=1S/C19H31NO4/c1-15-7-8-18(19(12-15)23-11-10-22-3)24-14-17(21)13-20-9-5-4-6-16(20)2/h7-8,12,16-17,21H,4-6,9-11,13-14H2,1-3H3. The molecular formula is C19H31NO4. The van der Waals surface area contributed by atoms with Crippen molar-refractivity contribution in [3.8, 4) is 11.5 Å². The quantitative estimate of drug-likeness (QED) is 0.702. The van der Waals surface area contributed by atoms with Gasteiger partial charge in [0.2, 0.25) is 0 Å². The molecule has 2 atom stereocenters. The number of aliphatic hydroxyl groups is 1. The van der Waals surface area contributed by atoms with Gasteiger partial charge in [-0.3, -0.25) is 4.90 Å². The van der Waals surface area contributed by atoms with Gasteiger partial charge >= 0.3 is 0 Å². The predicted octanol–water partition coefficient (Wildman–Crippen LogP) is 2.63. The van der Waals surface area contributed by atoms with Crippen molar-refractivity contribution in [3.63, 3.8) is 0 Å². The minimum absolute atomic E-state index is 0.271. The van der Waals surface area contributed by atoms with Crippen molar-refractivity contribution < 1.29 is 19.3 Å². The van der Waals surface area contributed by atoms with Gasteiger partial charge in [-0.25, -0.2) is 0 Å². The summed E-state index contributed by atoms with van der Waals surface area (Å²) in [6.07, 6.45) is 3.21. The maximum absolute atomic E-state index is 10.3. The van der Waals surface area contributed by atoms with E-state index in [1.165, 1.54) is 19.3 Å². The van der Waals surface area contributed by atoms with Crippen LogP contribution in [0.2, 0.25) is 0 Å². The number of aliphatic hydroxyl groups excluding tert-OH is 1. The molecule has 1 aliphatic heterocycles. The number of likely N-dealkylation sites (tertiary alicyclic amines) is 1. The topological polar surface area (TPSA) is 51.2 Å². The summed E-state index contributed by atoms with van der Waals surface area (Å²) in [7, 11) is 1.65. The second-order valence-corrected chi connectivity index (χ2v) is 6.60. The van der Waals surface area contributed by atoms with Gasteiger partial charge in [-0.2, -0.15) is 0 Å². The number of nitrogens with zero attached hydrogens (tertiary/aromatic N) is 1. The minimum atomic E-state index is -0.501. The number of rotatable bonds is 9. The molecule has 5 nitrogen and oxygen atoms in total. The first-order valence-corrected chi connectivity index (χ1v) is 8.87. The highest BCUT2D eigenvalue weighted by Gasteiger charge is 2.21. The Morgan fingerprint density at radius 1 is 1.21 bits per heavy atom. The van der Waals surface area contributed by atoms with Crippen molar-refractivity contribution in [2.75, 3.05) is 40.0 Å². The van der Waals surface area contributed by atoms with Crippen LogP contribution in [0.4, 0.5) is 0 Å². The Labute approximate surface area is 145 Å². The van der Waals surface area contributed by atoms with Crippen LogP contribution in [0.5, 0.6) is 11.5 Å². The molecule has 1 heterocycles. The highest BCUT2D eigenvalue weighted by atomic mass is 16.5. The number of methoxy groups -OCH3 is 1. The van der Waals surface area contributed by atoms with E-state index in [4.69, 9.17) is 14.2 Å². The molecule has 0 spiro atoms. The van der Waals surface area contributed by atoms with Gasteiger partial charge in [-0.15, -0.1) is 0 Å². The van der Waals surface area contributed by atoms with Crippen LogP contribution in [0.1, 0.15) is 31.7 Å². The fourth-order valence-electron chi connectivity index (χ4n) is 3.02. The van der Waals surface area contributed by atoms with Gasteiger partial charge in [-0.05, 0) is 50.9 Å². The summed E-state index contributed by atoms with van der Waals surface area (Å²) in [6, 6.07) is 6.37. The second-order valence-electron chi connectivity index (χ2n) is 6.60. The van der Waals surface area contributed by atoms with E-state index in [0.29, 0.717) is 37.3 Å². The molecule has 0 aliphatic carbocycles. The van der Waals surface area contributed by atoms with E-state index in [-0.39, 0.29) is 6.61 Å². The molecule has 24 heavy (non-hydrogen) atoms. The van der Waals surface area contributed by atoms with Crippen LogP contribution in [-0.2, 0) is 4.74 Å². The Hall–Kier alpha value is -1.30. The first-order valence-electron chi connectivity index (χ1n) is 8.87. The van der Waals surface area contributed by atoms with Crippen LogP contribution in [0, 0.1) is 6.92 Å².